The van der Waals surface area contributed by atoms with Gasteiger partial charge in [-0.3, -0.25) is 9.79 Å². The lowest BCUT2D eigenvalue weighted by Crippen LogP contribution is -2.35. The first-order valence-corrected chi connectivity index (χ1v) is 11.1. The Bertz CT molecular complexity index is 1120. The van der Waals surface area contributed by atoms with Crippen molar-refractivity contribution in [2.75, 3.05) is 13.2 Å². The van der Waals surface area contributed by atoms with E-state index in [1.54, 1.807) is 30.3 Å². The normalized spacial score (nSPS) is 12.6. The van der Waals surface area contributed by atoms with Crippen molar-refractivity contribution in [3.8, 4) is 17.6 Å². The van der Waals surface area contributed by atoms with Crippen LogP contribution in [0.25, 0.3) is 0 Å². The van der Waals surface area contributed by atoms with Crippen molar-refractivity contribution in [1.82, 2.24) is 9.45 Å². The molecule has 3 N–H and O–H groups in total. The minimum Gasteiger partial charge on any atom is -0.494 e. The zero-order valence-electron chi connectivity index (χ0n) is 17.1. The molecule has 0 spiro atoms. The fourth-order valence-electron chi connectivity index (χ4n) is 2.61. The minimum atomic E-state index is -3.96. The van der Waals surface area contributed by atoms with E-state index >= 15 is 0 Å². The van der Waals surface area contributed by atoms with Crippen molar-refractivity contribution < 1.29 is 28.3 Å². The van der Waals surface area contributed by atoms with Crippen LogP contribution in [0, 0.1) is 11.8 Å². The van der Waals surface area contributed by atoms with Crippen LogP contribution in [0.1, 0.15) is 26.2 Å². The molecule has 0 bridgehead atoms. The van der Waals surface area contributed by atoms with Gasteiger partial charge in [-0.1, -0.05) is 18.1 Å². The summed E-state index contributed by atoms with van der Waals surface area (Å²) in [4.78, 5) is 15.1. The summed E-state index contributed by atoms with van der Waals surface area (Å²) in [5.41, 5.74) is 0.461. The molecular formula is C21H25N3O6S. The van der Waals surface area contributed by atoms with E-state index in [1.165, 1.54) is 25.3 Å². The number of hydrogen-bond donors (Lipinski definition) is 3. The van der Waals surface area contributed by atoms with Crippen LogP contribution in [0.2, 0.25) is 0 Å². The fraction of sp³-hybridized carbons (Fsp3) is 0.333. The van der Waals surface area contributed by atoms with Gasteiger partial charge in [0.05, 0.1) is 24.0 Å². The van der Waals surface area contributed by atoms with Crippen LogP contribution in [0.5, 0.6) is 5.75 Å². The lowest BCUT2D eigenvalue weighted by molar-refractivity contribution is -0.137. The summed E-state index contributed by atoms with van der Waals surface area (Å²) in [6.07, 6.45) is 2.46. The van der Waals surface area contributed by atoms with Gasteiger partial charge in [-0.05, 0) is 44.0 Å². The molecule has 9 nitrogen and oxygen atoms in total. The number of rotatable bonds is 11. The second kappa shape index (κ2) is 11.8. The van der Waals surface area contributed by atoms with Crippen LogP contribution in [0.4, 0.5) is 0 Å². The highest BCUT2D eigenvalue weighted by molar-refractivity contribution is 7.89. The van der Waals surface area contributed by atoms with Gasteiger partial charge in [0.25, 0.3) is 0 Å². The molecule has 0 saturated carbocycles. The van der Waals surface area contributed by atoms with Crippen LogP contribution < -0.4 is 14.9 Å². The number of hydrogen-bond acceptors (Lipinski definition) is 6. The predicted molar refractivity (Wildman–Crippen MR) is 113 cm³/mol. The largest absolute Gasteiger partial charge is 0.494 e. The van der Waals surface area contributed by atoms with E-state index in [0.29, 0.717) is 30.8 Å². The third-order valence-electron chi connectivity index (χ3n) is 4.02. The zero-order chi connectivity index (χ0) is 22.7. The highest BCUT2D eigenvalue weighted by Crippen LogP contribution is 2.18. The standard InChI is InChI=1S/C21H25N3O6S/c1-2-8-17(15-21(25)26)23-31(28,29)19-10-7-9-18(16-19)30-14-6-4-12-22-20-11-3-5-13-24(20)27/h3,5,7,9-11,13,16-17,23,27H,4,6,12,14-15H2,1H3,(H,25,26)/t17-/m1/s1. The van der Waals surface area contributed by atoms with E-state index in [0.717, 1.165) is 11.2 Å². The highest BCUT2D eigenvalue weighted by atomic mass is 32.2. The molecule has 0 unspecified atom stereocenters. The van der Waals surface area contributed by atoms with Crippen LogP contribution in [0.15, 0.2) is 58.5 Å². The second-order valence-electron chi connectivity index (χ2n) is 6.48. The van der Waals surface area contributed by atoms with Crippen LogP contribution in [-0.2, 0) is 14.8 Å². The molecule has 10 heteroatoms. The SMILES string of the molecule is CC#C[C@H](CC(=O)O)NS(=O)(=O)c1cccc(OCCCCN=c2ccccn2O)c1. The molecule has 1 aromatic carbocycles. The molecule has 1 atom stereocenters. The zero-order valence-corrected chi connectivity index (χ0v) is 17.9. The smallest absolute Gasteiger partial charge is 0.305 e. The Morgan fingerprint density at radius 2 is 2.06 bits per heavy atom. The summed E-state index contributed by atoms with van der Waals surface area (Å²) < 4.78 is 34.0. The fourth-order valence-corrected chi connectivity index (χ4v) is 3.79. The van der Waals surface area contributed by atoms with Crippen LogP contribution >= 0.6 is 0 Å². The van der Waals surface area contributed by atoms with Crippen molar-refractivity contribution in [2.24, 2.45) is 4.99 Å². The van der Waals surface area contributed by atoms with Crippen molar-refractivity contribution >= 4 is 16.0 Å². The molecule has 0 fully saturated rings. The maximum Gasteiger partial charge on any atom is 0.305 e. The van der Waals surface area contributed by atoms with Gasteiger partial charge < -0.3 is 15.1 Å². The Morgan fingerprint density at radius 3 is 2.77 bits per heavy atom. The molecular weight excluding hydrogens is 422 g/mol. The average molecular weight is 448 g/mol. The Labute approximate surface area is 181 Å². The van der Waals surface area contributed by atoms with E-state index in [2.05, 4.69) is 21.6 Å². The van der Waals surface area contributed by atoms with E-state index in [4.69, 9.17) is 9.84 Å². The number of aromatic nitrogens is 1. The first-order valence-electron chi connectivity index (χ1n) is 9.58. The Morgan fingerprint density at radius 1 is 1.26 bits per heavy atom. The number of ether oxygens (including phenoxy) is 1. The van der Waals surface area contributed by atoms with Crippen molar-refractivity contribution in [3.63, 3.8) is 0 Å². The molecule has 0 aliphatic rings. The molecule has 1 heterocycles. The van der Waals surface area contributed by atoms with Gasteiger partial charge in [0.1, 0.15) is 5.75 Å². The van der Waals surface area contributed by atoms with Crippen LogP contribution in [-0.4, -0.2) is 48.6 Å². The van der Waals surface area contributed by atoms with Gasteiger partial charge in [-0.25, -0.2) is 8.42 Å². The van der Waals surface area contributed by atoms with Crippen LogP contribution in [0.3, 0.4) is 0 Å². The number of nitrogens with one attached hydrogen (secondary N) is 1. The van der Waals surface area contributed by atoms with Gasteiger partial charge in [-0.15, -0.1) is 5.92 Å². The maximum absolute atomic E-state index is 12.6. The minimum absolute atomic E-state index is 0.0372. The van der Waals surface area contributed by atoms with Gasteiger partial charge in [0.2, 0.25) is 10.0 Å². The molecule has 166 valence electrons. The summed E-state index contributed by atoms with van der Waals surface area (Å²) >= 11 is 0. The summed E-state index contributed by atoms with van der Waals surface area (Å²) in [7, 11) is -3.96. The predicted octanol–water partition coefficient (Wildman–Crippen LogP) is 1.63. The molecule has 1 aromatic heterocycles. The first-order chi connectivity index (χ1) is 14.8. The number of aliphatic carboxylic acids is 1. The van der Waals surface area contributed by atoms with E-state index in [9.17, 15) is 18.4 Å². The maximum atomic E-state index is 12.6. The van der Waals surface area contributed by atoms with Crippen molar-refractivity contribution in [3.05, 3.63) is 54.1 Å². The molecule has 0 aliphatic heterocycles. The second-order valence-corrected chi connectivity index (χ2v) is 8.20. The number of pyridine rings is 1. The van der Waals surface area contributed by atoms with Gasteiger partial charge >= 0.3 is 5.97 Å². The number of carbonyl (C=O) groups is 1. The molecule has 2 rings (SSSR count). The number of benzene rings is 1. The average Bonchev–Trinajstić information content (AvgIpc) is 2.71. The third kappa shape index (κ3) is 8.16. The number of unbranched alkanes of at least 4 members (excludes halogenated alkanes) is 1. The summed E-state index contributed by atoms with van der Waals surface area (Å²) in [6.45, 7) is 2.38. The first kappa shape index (κ1) is 24.0. The number of carboxylic acids is 1. The summed E-state index contributed by atoms with van der Waals surface area (Å²) in [5, 5.41) is 18.5. The molecule has 0 saturated heterocycles. The molecule has 2 aromatic rings. The Kier molecular flexibility index (Phi) is 9.12. The number of nitrogens with zero attached hydrogens (tertiary/aromatic N) is 2. The van der Waals surface area contributed by atoms with Gasteiger partial charge in [0, 0.05) is 18.8 Å². The molecule has 31 heavy (non-hydrogen) atoms. The Hall–Kier alpha value is -3.29. The van der Waals surface area contributed by atoms with Crippen molar-refractivity contribution in [2.45, 2.75) is 37.1 Å². The molecule has 0 aliphatic carbocycles. The summed E-state index contributed by atoms with van der Waals surface area (Å²) in [6, 6.07) is 10.1. The topological polar surface area (TPSA) is 130 Å². The van der Waals surface area contributed by atoms with E-state index in [-0.39, 0.29) is 4.90 Å². The number of carboxylic acid groups (broad SMARTS) is 1. The molecule has 0 amide bonds. The lowest BCUT2D eigenvalue weighted by Gasteiger charge is -2.13. The van der Waals surface area contributed by atoms with Crippen molar-refractivity contribution in [1.29, 1.82) is 0 Å². The van der Waals surface area contributed by atoms with E-state index in [1.807, 2.05) is 0 Å². The third-order valence-corrected chi connectivity index (χ3v) is 5.49. The quantitative estimate of drug-likeness (QED) is 0.273. The lowest BCUT2D eigenvalue weighted by atomic mass is 10.2. The van der Waals surface area contributed by atoms with E-state index < -0.39 is 28.5 Å². The monoisotopic (exact) mass is 447 g/mol. The Balaban J connectivity index is 1.90. The number of sulfonamides is 1. The molecule has 0 radical (unpaired) electrons. The highest BCUT2D eigenvalue weighted by Gasteiger charge is 2.21. The van der Waals surface area contributed by atoms with Gasteiger partial charge in [-0.2, -0.15) is 9.45 Å². The van der Waals surface area contributed by atoms with Gasteiger partial charge in [0.15, 0.2) is 5.49 Å². The summed E-state index contributed by atoms with van der Waals surface area (Å²) in [5.74, 6) is 4.30.